The van der Waals surface area contributed by atoms with Crippen molar-refractivity contribution in [1.82, 2.24) is 10.1 Å². The molecule has 0 bridgehead atoms. The van der Waals surface area contributed by atoms with Gasteiger partial charge in [0.25, 0.3) is 5.91 Å². The molecule has 1 aromatic heterocycles. The number of carboxylic acids is 1. The van der Waals surface area contributed by atoms with Gasteiger partial charge in [-0.05, 0) is 13.3 Å². The van der Waals surface area contributed by atoms with Gasteiger partial charge in [0.2, 0.25) is 5.76 Å². The number of benzene rings is 1. The van der Waals surface area contributed by atoms with Crippen molar-refractivity contribution in [3.63, 3.8) is 0 Å². The molecule has 2 aliphatic rings. The Morgan fingerprint density at radius 3 is 2.77 bits per heavy atom. The van der Waals surface area contributed by atoms with Gasteiger partial charge in [0.15, 0.2) is 0 Å². The first-order chi connectivity index (χ1) is 12.5. The summed E-state index contributed by atoms with van der Waals surface area (Å²) < 4.78 is 10.7. The minimum atomic E-state index is -0.923. The fourth-order valence-corrected chi connectivity index (χ4v) is 3.85. The first-order valence-electron chi connectivity index (χ1n) is 8.64. The summed E-state index contributed by atoms with van der Waals surface area (Å²) in [6.45, 7) is 3.30. The molecule has 2 fully saturated rings. The largest absolute Gasteiger partial charge is 0.481 e. The second kappa shape index (κ2) is 6.25. The van der Waals surface area contributed by atoms with Crippen molar-refractivity contribution in [3.8, 4) is 11.3 Å². The molecule has 7 nitrogen and oxygen atoms in total. The molecule has 1 amide bonds. The summed E-state index contributed by atoms with van der Waals surface area (Å²) in [7, 11) is 0. The number of aryl methyl sites for hydroxylation is 1. The van der Waals surface area contributed by atoms with Crippen LogP contribution in [0.15, 0.2) is 34.9 Å². The van der Waals surface area contributed by atoms with E-state index in [-0.39, 0.29) is 24.1 Å². The van der Waals surface area contributed by atoms with E-state index in [0.29, 0.717) is 31.9 Å². The summed E-state index contributed by atoms with van der Waals surface area (Å²) >= 11 is 0. The van der Waals surface area contributed by atoms with Crippen molar-refractivity contribution < 1.29 is 24.0 Å². The van der Waals surface area contributed by atoms with Gasteiger partial charge < -0.3 is 19.3 Å². The maximum Gasteiger partial charge on any atom is 0.311 e. The molecule has 1 N–H and O–H groups in total. The zero-order chi connectivity index (χ0) is 18.3. The number of carbonyl (C=O) groups is 2. The number of ether oxygens (including phenoxy) is 1. The lowest BCUT2D eigenvalue weighted by atomic mass is 9.74. The van der Waals surface area contributed by atoms with Crippen molar-refractivity contribution in [1.29, 1.82) is 0 Å². The monoisotopic (exact) mass is 356 g/mol. The van der Waals surface area contributed by atoms with E-state index in [2.05, 4.69) is 5.16 Å². The number of rotatable bonds is 3. The lowest BCUT2D eigenvalue weighted by Gasteiger charge is -2.33. The number of amides is 1. The van der Waals surface area contributed by atoms with Gasteiger partial charge >= 0.3 is 5.97 Å². The Bertz CT molecular complexity index is 844. The molecule has 2 aromatic rings. The summed E-state index contributed by atoms with van der Waals surface area (Å²) in [6, 6.07) is 9.38. The Kier molecular flexibility index (Phi) is 4.03. The van der Waals surface area contributed by atoms with E-state index in [4.69, 9.17) is 9.26 Å². The van der Waals surface area contributed by atoms with Gasteiger partial charge in [-0.1, -0.05) is 35.0 Å². The first-order valence-corrected chi connectivity index (χ1v) is 8.64. The van der Waals surface area contributed by atoms with Crippen molar-refractivity contribution in [2.75, 3.05) is 26.3 Å². The smallest absolute Gasteiger partial charge is 0.311 e. The van der Waals surface area contributed by atoms with Crippen molar-refractivity contribution in [2.24, 2.45) is 11.3 Å². The van der Waals surface area contributed by atoms with Crippen molar-refractivity contribution in [2.45, 2.75) is 13.3 Å². The molecule has 0 radical (unpaired) electrons. The lowest BCUT2D eigenvalue weighted by molar-refractivity contribution is -0.157. The third-order valence-corrected chi connectivity index (χ3v) is 5.49. The minimum Gasteiger partial charge on any atom is -0.481 e. The van der Waals surface area contributed by atoms with Crippen LogP contribution in [-0.2, 0) is 9.53 Å². The van der Waals surface area contributed by atoms with Crippen LogP contribution in [0.25, 0.3) is 11.3 Å². The predicted octanol–water partition coefficient (Wildman–Crippen LogP) is 2.21. The van der Waals surface area contributed by atoms with E-state index in [9.17, 15) is 14.7 Å². The summed E-state index contributed by atoms with van der Waals surface area (Å²) in [6.07, 6.45) is 0.418. The molecule has 0 spiro atoms. The SMILES string of the molecule is Cc1ccc(-c2cc(C(=O)N3C[C@H]4COCC[C@@]4(C(=O)O)C3)on2)cc1. The maximum atomic E-state index is 12.8. The van der Waals surface area contributed by atoms with E-state index in [1.165, 1.54) is 0 Å². The van der Waals surface area contributed by atoms with E-state index in [1.54, 1.807) is 11.0 Å². The van der Waals surface area contributed by atoms with Crippen LogP contribution in [0.1, 0.15) is 22.5 Å². The molecule has 0 unspecified atom stereocenters. The van der Waals surface area contributed by atoms with Crippen molar-refractivity contribution >= 4 is 11.9 Å². The average molecular weight is 356 g/mol. The van der Waals surface area contributed by atoms with Gasteiger partial charge in [-0.2, -0.15) is 0 Å². The molecule has 2 aliphatic heterocycles. The summed E-state index contributed by atoms with van der Waals surface area (Å²) in [5, 5.41) is 13.7. The Morgan fingerprint density at radius 2 is 2.08 bits per heavy atom. The molecule has 0 saturated carbocycles. The topological polar surface area (TPSA) is 92.9 Å². The Balaban J connectivity index is 1.55. The van der Waals surface area contributed by atoms with Gasteiger partial charge in [-0.3, -0.25) is 9.59 Å². The molecule has 1 aromatic carbocycles. The van der Waals surface area contributed by atoms with E-state index in [0.717, 1.165) is 11.1 Å². The fourth-order valence-electron chi connectivity index (χ4n) is 3.85. The van der Waals surface area contributed by atoms with Gasteiger partial charge in [-0.15, -0.1) is 0 Å². The zero-order valence-corrected chi connectivity index (χ0v) is 14.5. The highest BCUT2D eigenvalue weighted by atomic mass is 16.5. The number of hydrogen-bond acceptors (Lipinski definition) is 5. The highest BCUT2D eigenvalue weighted by Gasteiger charge is 2.55. The van der Waals surface area contributed by atoms with E-state index in [1.807, 2.05) is 31.2 Å². The van der Waals surface area contributed by atoms with Gasteiger partial charge in [-0.25, -0.2) is 0 Å². The third kappa shape index (κ3) is 2.68. The molecule has 4 rings (SSSR count). The highest BCUT2D eigenvalue weighted by Crippen LogP contribution is 2.42. The van der Waals surface area contributed by atoms with Gasteiger partial charge in [0.1, 0.15) is 5.69 Å². The van der Waals surface area contributed by atoms with Crippen LogP contribution >= 0.6 is 0 Å². The van der Waals surface area contributed by atoms with Crippen LogP contribution < -0.4 is 0 Å². The Hall–Kier alpha value is -2.67. The summed E-state index contributed by atoms with van der Waals surface area (Å²) in [4.78, 5) is 26.2. The second-order valence-electron chi connectivity index (χ2n) is 7.11. The van der Waals surface area contributed by atoms with Crippen LogP contribution in [0.3, 0.4) is 0 Å². The molecule has 7 heteroatoms. The minimum absolute atomic E-state index is 0.126. The standard InChI is InChI=1S/C19H20N2O5/c1-12-2-4-13(5-3-12)15-8-16(26-20-15)17(22)21-9-14-10-25-7-6-19(14,11-21)18(23)24/h2-5,8,14H,6-7,9-11H2,1H3,(H,23,24)/t14-,19+/m0/s1. The molecule has 3 heterocycles. The van der Waals surface area contributed by atoms with Crippen molar-refractivity contribution in [3.05, 3.63) is 41.7 Å². The third-order valence-electron chi connectivity index (χ3n) is 5.49. The number of aromatic nitrogens is 1. The van der Waals surface area contributed by atoms with Crippen LogP contribution in [-0.4, -0.2) is 53.3 Å². The van der Waals surface area contributed by atoms with Crippen LogP contribution in [0.4, 0.5) is 0 Å². The van der Waals surface area contributed by atoms with Gasteiger partial charge in [0.05, 0.1) is 12.0 Å². The number of fused-ring (bicyclic) bond motifs is 1. The molecule has 2 atom stereocenters. The summed E-state index contributed by atoms with van der Waals surface area (Å²) in [5.41, 5.74) is 1.66. The molecular formula is C19H20N2O5. The number of hydrogen-bond donors (Lipinski definition) is 1. The molecular weight excluding hydrogens is 336 g/mol. The maximum absolute atomic E-state index is 12.8. The highest BCUT2D eigenvalue weighted by molar-refractivity contribution is 5.93. The number of carbonyl (C=O) groups excluding carboxylic acids is 1. The average Bonchev–Trinajstić information content (AvgIpc) is 3.27. The number of carboxylic acid groups (broad SMARTS) is 1. The van der Waals surface area contributed by atoms with E-state index >= 15 is 0 Å². The Labute approximate surface area is 150 Å². The number of nitrogens with zero attached hydrogens (tertiary/aromatic N) is 2. The lowest BCUT2D eigenvalue weighted by Crippen LogP contribution is -2.45. The molecule has 2 saturated heterocycles. The predicted molar refractivity (Wildman–Crippen MR) is 91.6 cm³/mol. The first kappa shape index (κ1) is 16.8. The quantitative estimate of drug-likeness (QED) is 0.906. The van der Waals surface area contributed by atoms with Crippen LogP contribution in [0.2, 0.25) is 0 Å². The number of likely N-dealkylation sites (tertiary alicyclic amines) is 1. The Morgan fingerprint density at radius 1 is 1.31 bits per heavy atom. The second-order valence-corrected chi connectivity index (χ2v) is 7.11. The zero-order valence-electron chi connectivity index (χ0n) is 14.5. The fraction of sp³-hybridized carbons (Fsp3) is 0.421. The summed E-state index contributed by atoms with van der Waals surface area (Å²) in [5.74, 6) is -1.26. The van der Waals surface area contributed by atoms with Crippen LogP contribution in [0, 0.1) is 18.3 Å². The molecule has 136 valence electrons. The van der Waals surface area contributed by atoms with E-state index < -0.39 is 11.4 Å². The molecule has 0 aliphatic carbocycles. The normalized spacial score (nSPS) is 25.1. The van der Waals surface area contributed by atoms with Gasteiger partial charge in [0, 0.05) is 37.2 Å². The molecule has 26 heavy (non-hydrogen) atoms. The van der Waals surface area contributed by atoms with Crippen LogP contribution in [0.5, 0.6) is 0 Å². The number of aliphatic carboxylic acids is 1.